The molecule has 0 radical (unpaired) electrons. The minimum atomic E-state index is 0.728. The average Bonchev–Trinajstić information content (AvgIpc) is 2.71. The molecule has 3 nitrogen and oxygen atoms in total. The summed E-state index contributed by atoms with van der Waals surface area (Å²) in [6, 6.07) is 0.728. The maximum atomic E-state index is 5.41. The van der Waals surface area contributed by atoms with Crippen LogP contribution in [0, 0.1) is 5.92 Å². The smallest absolute Gasteiger partial charge is 0.0507 e. The lowest BCUT2D eigenvalue weighted by atomic mass is 10.0. The second kappa shape index (κ2) is 5.83. The van der Waals surface area contributed by atoms with Gasteiger partial charge in [0.05, 0.1) is 6.61 Å². The molecule has 2 aliphatic heterocycles. The van der Waals surface area contributed by atoms with Gasteiger partial charge in [-0.15, -0.1) is 0 Å². The fourth-order valence-corrected chi connectivity index (χ4v) is 2.70. The van der Waals surface area contributed by atoms with Crippen LogP contribution >= 0.6 is 0 Å². The molecular weight excluding hydrogens is 188 g/mol. The van der Waals surface area contributed by atoms with Crippen LogP contribution in [-0.2, 0) is 4.74 Å². The highest BCUT2D eigenvalue weighted by Crippen LogP contribution is 2.14. The molecule has 0 aromatic rings. The van der Waals surface area contributed by atoms with Crippen LogP contribution in [0.15, 0.2) is 0 Å². The van der Waals surface area contributed by atoms with Gasteiger partial charge in [0.1, 0.15) is 0 Å². The molecule has 15 heavy (non-hydrogen) atoms. The van der Waals surface area contributed by atoms with E-state index >= 15 is 0 Å². The number of likely N-dealkylation sites (N-methyl/N-ethyl adjacent to an activating group) is 1. The molecule has 2 rings (SSSR count). The topological polar surface area (TPSA) is 24.5 Å². The molecule has 0 bridgehead atoms. The summed E-state index contributed by atoms with van der Waals surface area (Å²) >= 11 is 0. The highest BCUT2D eigenvalue weighted by molar-refractivity contribution is 4.76. The van der Waals surface area contributed by atoms with E-state index in [2.05, 4.69) is 17.3 Å². The molecule has 0 saturated carbocycles. The van der Waals surface area contributed by atoms with E-state index in [-0.39, 0.29) is 0 Å². The Labute approximate surface area is 93.2 Å². The molecule has 0 aromatic heterocycles. The van der Waals surface area contributed by atoms with Crippen molar-refractivity contribution in [3.63, 3.8) is 0 Å². The Bertz CT molecular complexity index is 174. The average molecular weight is 212 g/mol. The number of piperidine rings is 1. The number of hydrogen-bond acceptors (Lipinski definition) is 3. The van der Waals surface area contributed by atoms with Crippen LogP contribution in [-0.4, -0.2) is 50.8 Å². The number of hydrogen-bond donors (Lipinski definition) is 1. The summed E-state index contributed by atoms with van der Waals surface area (Å²) in [6.45, 7) is 5.57. The van der Waals surface area contributed by atoms with E-state index < -0.39 is 0 Å². The van der Waals surface area contributed by atoms with Crippen molar-refractivity contribution in [2.24, 2.45) is 5.92 Å². The second-order valence-electron chi connectivity index (χ2n) is 5.10. The van der Waals surface area contributed by atoms with Gasteiger partial charge in [-0.1, -0.05) is 6.42 Å². The van der Waals surface area contributed by atoms with E-state index in [4.69, 9.17) is 4.74 Å². The van der Waals surface area contributed by atoms with Crippen LogP contribution in [0.4, 0.5) is 0 Å². The van der Waals surface area contributed by atoms with Crippen LogP contribution in [0.2, 0.25) is 0 Å². The molecule has 0 amide bonds. The number of nitrogens with one attached hydrogen (secondary N) is 1. The Kier molecular flexibility index (Phi) is 4.42. The molecule has 3 heteroatoms. The van der Waals surface area contributed by atoms with Gasteiger partial charge in [-0.05, 0) is 38.8 Å². The van der Waals surface area contributed by atoms with E-state index in [0.29, 0.717) is 0 Å². The Hall–Kier alpha value is -0.120. The van der Waals surface area contributed by atoms with Gasteiger partial charge in [-0.25, -0.2) is 0 Å². The van der Waals surface area contributed by atoms with Gasteiger partial charge in [0.25, 0.3) is 0 Å². The molecule has 2 aliphatic rings. The van der Waals surface area contributed by atoms with Gasteiger partial charge in [-0.2, -0.15) is 0 Å². The van der Waals surface area contributed by atoms with Crippen molar-refractivity contribution >= 4 is 0 Å². The molecule has 0 aromatic carbocycles. The quantitative estimate of drug-likeness (QED) is 0.755. The highest BCUT2D eigenvalue weighted by Gasteiger charge is 2.20. The maximum absolute atomic E-state index is 5.41. The summed E-state index contributed by atoms with van der Waals surface area (Å²) in [5.41, 5.74) is 0. The standard InChI is InChI=1S/C12H24N2O/c1-14(8-11-5-7-15-10-11)9-12-4-2-3-6-13-12/h11-13H,2-10H2,1H3. The summed E-state index contributed by atoms with van der Waals surface area (Å²) in [5, 5.41) is 3.60. The van der Waals surface area contributed by atoms with E-state index in [0.717, 1.165) is 25.2 Å². The Morgan fingerprint density at radius 3 is 2.87 bits per heavy atom. The molecule has 2 fully saturated rings. The van der Waals surface area contributed by atoms with Crippen LogP contribution < -0.4 is 5.32 Å². The number of ether oxygens (including phenoxy) is 1. The first-order valence-electron chi connectivity index (χ1n) is 6.34. The second-order valence-corrected chi connectivity index (χ2v) is 5.10. The van der Waals surface area contributed by atoms with Gasteiger partial charge >= 0.3 is 0 Å². The fourth-order valence-electron chi connectivity index (χ4n) is 2.70. The minimum Gasteiger partial charge on any atom is -0.381 e. The normalized spacial score (nSPS) is 32.4. The molecule has 0 spiro atoms. The van der Waals surface area contributed by atoms with E-state index in [1.807, 2.05) is 0 Å². The first-order valence-corrected chi connectivity index (χ1v) is 6.34. The third-order valence-corrected chi connectivity index (χ3v) is 3.54. The summed E-state index contributed by atoms with van der Waals surface area (Å²) in [6.07, 6.45) is 5.36. The lowest BCUT2D eigenvalue weighted by Crippen LogP contribution is -2.43. The Balaban J connectivity index is 1.64. The number of nitrogens with zero attached hydrogens (tertiary/aromatic N) is 1. The molecule has 88 valence electrons. The third-order valence-electron chi connectivity index (χ3n) is 3.54. The number of rotatable bonds is 4. The summed E-state index contributed by atoms with van der Waals surface area (Å²) in [5.74, 6) is 0.776. The molecular formula is C12H24N2O. The fraction of sp³-hybridized carbons (Fsp3) is 1.00. The van der Waals surface area contributed by atoms with Crippen LogP contribution in [0.3, 0.4) is 0 Å². The van der Waals surface area contributed by atoms with Crippen molar-refractivity contribution in [2.45, 2.75) is 31.7 Å². The zero-order valence-corrected chi connectivity index (χ0v) is 9.87. The van der Waals surface area contributed by atoms with Gasteiger partial charge in [0.2, 0.25) is 0 Å². The predicted octanol–water partition coefficient (Wildman–Crippen LogP) is 1.10. The first-order chi connectivity index (χ1) is 7.34. The van der Waals surface area contributed by atoms with Crippen LogP contribution in [0.5, 0.6) is 0 Å². The summed E-state index contributed by atoms with van der Waals surface area (Å²) in [7, 11) is 2.24. The molecule has 2 saturated heterocycles. The Morgan fingerprint density at radius 1 is 1.27 bits per heavy atom. The zero-order valence-electron chi connectivity index (χ0n) is 9.87. The lowest BCUT2D eigenvalue weighted by molar-refractivity contribution is 0.169. The highest BCUT2D eigenvalue weighted by atomic mass is 16.5. The van der Waals surface area contributed by atoms with Crippen molar-refractivity contribution in [1.29, 1.82) is 0 Å². The minimum absolute atomic E-state index is 0.728. The molecule has 2 atom stereocenters. The van der Waals surface area contributed by atoms with E-state index in [9.17, 15) is 0 Å². The molecule has 2 heterocycles. The monoisotopic (exact) mass is 212 g/mol. The lowest BCUT2D eigenvalue weighted by Gasteiger charge is -2.29. The SMILES string of the molecule is CN(CC1CCOC1)CC1CCCCN1. The van der Waals surface area contributed by atoms with Crippen LogP contribution in [0.1, 0.15) is 25.7 Å². The predicted molar refractivity (Wildman–Crippen MR) is 62.1 cm³/mol. The first kappa shape index (κ1) is 11.4. The summed E-state index contributed by atoms with van der Waals surface area (Å²) < 4.78 is 5.41. The van der Waals surface area contributed by atoms with Crippen molar-refractivity contribution in [1.82, 2.24) is 10.2 Å². The zero-order chi connectivity index (χ0) is 10.5. The van der Waals surface area contributed by atoms with Crippen molar-refractivity contribution < 1.29 is 4.74 Å². The Morgan fingerprint density at radius 2 is 2.20 bits per heavy atom. The largest absolute Gasteiger partial charge is 0.381 e. The van der Waals surface area contributed by atoms with Gasteiger partial charge in [-0.3, -0.25) is 0 Å². The van der Waals surface area contributed by atoms with Gasteiger partial charge < -0.3 is 15.0 Å². The van der Waals surface area contributed by atoms with Crippen molar-refractivity contribution in [3.8, 4) is 0 Å². The van der Waals surface area contributed by atoms with E-state index in [1.165, 1.54) is 45.3 Å². The molecule has 0 aliphatic carbocycles. The van der Waals surface area contributed by atoms with Crippen molar-refractivity contribution in [3.05, 3.63) is 0 Å². The van der Waals surface area contributed by atoms with Crippen LogP contribution in [0.25, 0.3) is 0 Å². The summed E-state index contributed by atoms with van der Waals surface area (Å²) in [4.78, 5) is 2.47. The molecule has 1 N–H and O–H groups in total. The molecule has 2 unspecified atom stereocenters. The van der Waals surface area contributed by atoms with Gasteiger partial charge in [0, 0.05) is 25.7 Å². The maximum Gasteiger partial charge on any atom is 0.0507 e. The van der Waals surface area contributed by atoms with Gasteiger partial charge in [0.15, 0.2) is 0 Å². The van der Waals surface area contributed by atoms with Crippen molar-refractivity contribution in [2.75, 3.05) is 39.9 Å². The van der Waals surface area contributed by atoms with E-state index in [1.54, 1.807) is 0 Å². The third kappa shape index (κ3) is 3.74.